The van der Waals surface area contributed by atoms with E-state index in [9.17, 15) is 4.79 Å². The molecule has 8 nitrogen and oxygen atoms in total. The minimum atomic E-state index is -0.159. The molecule has 1 amide bonds. The number of carbonyl (C=O) groups is 1. The highest BCUT2D eigenvalue weighted by atomic mass is 32.2. The number of rotatable bonds is 8. The van der Waals surface area contributed by atoms with Crippen LogP contribution in [0.15, 0.2) is 82.8 Å². The predicted molar refractivity (Wildman–Crippen MR) is 146 cm³/mol. The Morgan fingerprint density at radius 3 is 2.57 bits per heavy atom. The van der Waals surface area contributed by atoms with E-state index in [0.29, 0.717) is 17.4 Å². The molecule has 0 radical (unpaired) electrons. The smallest absolute Gasteiger partial charge is 0.257 e. The van der Waals surface area contributed by atoms with Gasteiger partial charge >= 0.3 is 0 Å². The van der Waals surface area contributed by atoms with Gasteiger partial charge in [0, 0.05) is 47.9 Å². The van der Waals surface area contributed by atoms with Gasteiger partial charge in [0.1, 0.15) is 11.3 Å². The van der Waals surface area contributed by atoms with Crippen molar-refractivity contribution in [2.45, 2.75) is 28.7 Å². The van der Waals surface area contributed by atoms with E-state index in [2.05, 4.69) is 25.7 Å². The van der Waals surface area contributed by atoms with E-state index in [1.54, 1.807) is 38.4 Å². The molecule has 37 heavy (non-hydrogen) atoms. The summed E-state index contributed by atoms with van der Waals surface area (Å²) in [5.74, 6) is 0.517. The second-order valence-electron chi connectivity index (χ2n) is 8.71. The summed E-state index contributed by atoms with van der Waals surface area (Å²) in [7, 11) is 3.37. The van der Waals surface area contributed by atoms with Crippen molar-refractivity contribution in [1.82, 2.24) is 15.0 Å². The molecule has 2 aromatic carbocycles. The van der Waals surface area contributed by atoms with Crippen LogP contribution in [0.2, 0.25) is 0 Å². The second-order valence-corrected chi connectivity index (χ2v) is 9.83. The van der Waals surface area contributed by atoms with E-state index in [1.807, 2.05) is 60.7 Å². The van der Waals surface area contributed by atoms with E-state index in [1.165, 1.54) is 0 Å². The largest absolute Gasteiger partial charge is 0.495 e. The zero-order valence-electron chi connectivity index (χ0n) is 20.8. The van der Waals surface area contributed by atoms with E-state index in [4.69, 9.17) is 9.47 Å². The van der Waals surface area contributed by atoms with Gasteiger partial charge in [-0.05, 0) is 55.3 Å². The first kappa shape index (κ1) is 25.0. The van der Waals surface area contributed by atoms with Crippen LogP contribution in [0.3, 0.4) is 0 Å². The normalized spacial score (nSPS) is 14.4. The number of amides is 1. The van der Waals surface area contributed by atoms with Crippen LogP contribution in [0.1, 0.15) is 23.2 Å². The topological polar surface area (TPSA) is 88.6 Å². The summed E-state index contributed by atoms with van der Waals surface area (Å²) >= 11 is 1.60. The molecule has 4 aromatic rings. The fraction of sp³-hybridized carbons (Fsp3) is 0.250. The first-order chi connectivity index (χ1) is 18.1. The van der Waals surface area contributed by atoms with Gasteiger partial charge in [0.15, 0.2) is 0 Å². The molecular weight excluding hydrogens is 486 g/mol. The van der Waals surface area contributed by atoms with E-state index in [-0.39, 0.29) is 5.91 Å². The molecule has 0 saturated carbocycles. The number of anilines is 2. The number of hydrazine groups is 1. The SMILES string of the molecule is COc1cnc2c(Sc3ccc(NC(=O)c4ccccc4NN4CCC(OC)CC4)cc3)ccnc2c1. The molecule has 0 aliphatic carbocycles. The van der Waals surface area contributed by atoms with Crippen molar-refractivity contribution in [3.8, 4) is 5.75 Å². The highest BCUT2D eigenvalue weighted by Crippen LogP contribution is 2.33. The summed E-state index contributed by atoms with van der Waals surface area (Å²) in [4.78, 5) is 24.1. The highest BCUT2D eigenvalue weighted by molar-refractivity contribution is 7.99. The molecule has 1 aliphatic heterocycles. The number of nitrogens with one attached hydrogen (secondary N) is 2. The fourth-order valence-corrected chi connectivity index (χ4v) is 5.17. The molecule has 1 saturated heterocycles. The van der Waals surface area contributed by atoms with Crippen molar-refractivity contribution in [3.63, 3.8) is 0 Å². The summed E-state index contributed by atoms with van der Waals surface area (Å²) in [6.07, 6.45) is 5.69. The summed E-state index contributed by atoms with van der Waals surface area (Å²) < 4.78 is 10.7. The van der Waals surface area contributed by atoms with Crippen LogP contribution in [0, 0.1) is 0 Å². The van der Waals surface area contributed by atoms with Crippen molar-refractivity contribution < 1.29 is 14.3 Å². The van der Waals surface area contributed by atoms with Crippen LogP contribution in [0.25, 0.3) is 11.0 Å². The molecular formula is C28H29N5O3S. The number of ether oxygens (including phenoxy) is 2. The number of fused-ring (bicyclic) bond motifs is 1. The van der Waals surface area contributed by atoms with Crippen LogP contribution in [-0.4, -0.2) is 54.3 Å². The first-order valence-corrected chi connectivity index (χ1v) is 13.0. The van der Waals surface area contributed by atoms with Crippen LogP contribution in [0.5, 0.6) is 5.75 Å². The Balaban J connectivity index is 1.24. The number of hydrogen-bond donors (Lipinski definition) is 2. The Hall–Kier alpha value is -3.66. The number of para-hydroxylation sites is 1. The molecule has 9 heteroatoms. The molecule has 0 bridgehead atoms. The van der Waals surface area contributed by atoms with Crippen molar-refractivity contribution in [2.75, 3.05) is 38.1 Å². The zero-order chi connectivity index (χ0) is 25.6. The Kier molecular flexibility index (Phi) is 7.84. The van der Waals surface area contributed by atoms with Crippen molar-refractivity contribution in [1.29, 1.82) is 0 Å². The standard InChI is InChI=1S/C28H29N5O3S/c1-35-20-12-15-33(16-13-20)32-24-6-4-3-5-23(24)28(34)31-19-7-9-22(10-8-19)37-26-11-14-29-25-17-21(36-2)18-30-27(25)26/h3-11,14,17-18,20,32H,12-13,15-16H2,1-2H3,(H,31,34). The van der Waals surface area contributed by atoms with Gasteiger partial charge in [-0.15, -0.1) is 0 Å². The number of aromatic nitrogens is 2. The van der Waals surface area contributed by atoms with Gasteiger partial charge in [-0.3, -0.25) is 9.78 Å². The number of carbonyl (C=O) groups excluding carboxylic acids is 1. The Bertz CT molecular complexity index is 1370. The molecule has 3 heterocycles. The third-order valence-electron chi connectivity index (χ3n) is 6.32. The van der Waals surface area contributed by atoms with Crippen LogP contribution >= 0.6 is 11.8 Å². The van der Waals surface area contributed by atoms with Crippen molar-refractivity contribution in [2.24, 2.45) is 0 Å². The highest BCUT2D eigenvalue weighted by Gasteiger charge is 2.20. The maximum atomic E-state index is 13.1. The molecule has 2 aromatic heterocycles. The third kappa shape index (κ3) is 6.02. The second kappa shape index (κ2) is 11.6. The number of methoxy groups -OCH3 is 2. The molecule has 5 rings (SSSR count). The van der Waals surface area contributed by atoms with Crippen LogP contribution < -0.4 is 15.5 Å². The Morgan fingerprint density at radius 2 is 1.81 bits per heavy atom. The zero-order valence-corrected chi connectivity index (χ0v) is 21.6. The Morgan fingerprint density at radius 1 is 1.03 bits per heavy atom. The monoisotopic (exact) mass is 515 g/mol. The molecule has 1 fully saturated rings. The number of piperidine rings is 1. The molecule has 0 unspecified atom stereocenters. The van der Waals surface area contributed by atoms with E-state index < -0.39 is 0 Å². The van der Waals surface area contributed by atoms with Gasteiger partial charge in [-0.2, -0.15) is 0 Å². The molecule has 0 atom stereocenters. The number of pyridine rings is 2. The van der Waals surface area contributed by atoms with Crippen molar-refractivity contribution >= 4 is 40.1 Å². The van der Waals surface area contributed by atoms with Crippen molar-refractivity contribution in [3.05, 3.63) is 78.6 Å². The fourth-order valence-electron chi connectivity index (χ4n) is 4.27. The summed E-state index contributed by atoms with van der Waals surface area (Å²) in [6, 6.07) is 19.2. The first-order valence-electron chi connectivity index (χ1n) is 12.1. The summed E-state index contributed by atoms with van der Waals surface area (Å²) in [6.45, 7) is 1.73. The van der Waals surface area contributed by atoms with Crippen LogP contribution in [0.4, 0.5) is 11.4 Å². The lowest BCUT2D eigenvalue weighted by Gasteiger charge is -2.32. The van der Waals surface area contributed by atoms with E-state index >= 15 is 0 Å². The lowest BCUT2D eigenvalue weighted by molar-refractivity contribution is 0.0480. The average Bonchev–Trinajstić information content (AvgIpc) is 2.94. The Labute approximate surface area is 220 Å². The minimum absolute atomic E-state index is 0.159. The maximum absolute atomic E-state index is 13.1. The number of benzene rings is 2. The lowest BCUT2D eigenvalue weighted by Crippen LogP contribution is -2.40. The van der Waals surface area contributed by atoms with Gasteiger partial charge in [0.05, 0.1) is 36.2 Å². The molecule has 0 spiro atoms. The molecule has 1 aliphatic rings. The van der Waals surface area contributed by atoms with Gasteiger partial charge in [0.25, 0.3) is 5.91 Å². The third-order valence-corrected chi connectivity index (χ3v) is 7.37. The molecule has 190 valence electrons. The quantitative estimate of drug-likeness (QED) is 0.319. The summed E-state index contributed by atoms with van der Waals surface area (Å²) in [5.41, 5.74) is 7.13. The maximum Gasteiger partial charge on any atom is 0.257 e. The minimum Gasteiger partial charge on any atom is -0.495 e. The van der Waals surface area contributed by atoms with E-state index in [0.717, 1.165) is 58.1 Å². The van der Waals surface area contributed by atoms with Crippen LogP contribution in [-0.2, 0) is 4.74 Å². The van der Waals surface area contributed by atoms with Gasteiger partial charge < -0.3 is 20.2 Å². The summed E-state index contributed by atoms with van der Waals surface area (Å²) in [5, 5.41) is 5.16. The van der Waals surface area contributed by atoms with Gasteiger partial charge in [0.2, 0.25) is 0 Å². The lowest BCUT2D eigenvalue weighted by atomic mass is 10.1. The number of nitrogens with zero attached hydrogens (tertiary/aromatic N) is 3. The molecule has 2 N–H and O–H groups in total. The number of hydrogen-bond acceptors (Lipinski definition) is 8. The average molecular weight is 516 g/mol. The van der Waals surface area contributed by atoms with Gasteiger partial charge in [-0.1, -0.05) is 23.9 Å². The predicted octanol–water partition coefficient (Wildman–Crippen LogP) is 5.48. The van der Waals surface area contributed by atoms with Gasteiger partial charge in [-0.25, -0.2) is 9.99 Å².